The molecule has 1 aromatic rings. The molecule has 0 aromatic heterocycles. The van der Waals surface area contributed by atoms with E-state index in [1.807, 2.05) is 0 Å². The van der Waals surface area contributed by atoms with Gasteiger partial charge in [0.15, 0.2) is 0 Å². The summed E-state index contributed by atoms with van der Waals surface area (Å²) in [7, 11) is 2.24. The Labute approximate surface area is 130 Å². The van der Waals surface area contributed by atoms with Crippen molar-refractivity contribution in [3.63, 3.8) is 0 Å². The van der Waals surface area contributed by atoms with Gasteiger partial charge >= 0.3 is 0 Å². The molecule has 1 fully saturated rings. The first-order valence-corrected chi connectivity index (χ1v) is 8.17. The lowest BCUT2D eigenvalue weighted by Crippen LogP contribution is -2.60. The molecule has 0 aliphatic carbocycles. The Hall–Kier alpha value is -1.12. The van der Waals surface area contributed by atoms with Crippen molar-refractivity contribution in [2.24, 2.45) is 5.92 Å². The Morgan fingerprint density at radius 3 is 2.71 bits per heavy atom. The van der Waals surface area contributed by atoms with Gasteiger partial charge in [-0.3, -0.25) is 0 Å². The molecule has 116 valence electrons. The van der Waals surface area contributed by atoms with Gasteiger partial charge in [-0.2, -0.15) is 0 Å². The van der Waals surface area contributed by atoms with Crippen LogP contribution in [0.1, 0.15) is 32.3 Å². The Morgan fingerprint density at radius 2 is 2.05 bits per heavy atom. The molecule has 2 heteroatoms. The minimum atomic E-state index is 0.211. The van der Waals surface area contributed by atoms with E-state index < -0.39 is 0 Å². The third kappa shape index (κ3) is 3.96. The van der Waals surface area contributed by atoms with Crippen LogP contribution in [0.5, 0.6) is 0 Å². The van der Waals surface area contributed by atoms with E-state index in [9.17, 15) is 0 Å². The van der Waals surface area contributed by atoms with Gasteiger partial charge in [-0.05, 0) is 51.3 Å². The van der Waals surface area contributed by atoms with E-state index in [-0.39, 0.29) is 5.54 Å². The smallest absolute Gasteiger partial charge is 0.0268 e. The maximum Gasteiger partial charge on any atom is 0.0268 e. The molecule has 1 heterocycles. The summed E-state index contributed by atoms with van der Waals surface area (Å²) < 4.78 is 0. The van der Waals surface area contributed by atoms with Crippen molar-refractivity contribution in [3.8, 4) is 0 Å². The van der Waals surface area contributed by atoms with Gasteiger partial charge < -0.3 is 10.2 Å². The molecule has 21 heavy (non-hydrogen) atoms. The number of benzene rings is 1. The first kappa shape index (κ1) is 16.3. The minimum Gasteiger partial charge on any atom is -0.310 e. The second kappa shape index (κ2) is 7.24. The van der Waals surface area contributed by atoms with E-state index in [0.717, 1.165) is 25.9 Å². The fraction of sp³-hybridized carbons (Fsp3) is 0.579. The van der Waals surface area contributed by atoms with Crippen molar-refractivity contribution >= 4 is 0 Å². The highest BCUT2D eigenvalue weighted by molar-refractivity contribution is 5.15. The van der Waals surface area contributed by atoms with Crippen LogP contribution < -0.4 is 5.32 Å². The molecule has 1 aliphatic rings. The van der Waals surface area contributed by atoms with Crippen molar-refractivity contribution in [3.05, 3.63) is 48.6 Å². The zero-order valence-electron chi connectivity index (χ0n) is 13.8. The summed E-state index contributed by atoms with van der Waals surface area (Å²) in [4.78, 5) is 2.48. The van der Waals surface area contributed by atoms with Gasteiger partial charge in [-0.15, -0.1) is 6.58 Å². The van der Waals surface area contributed by atoms with Crippen LogP contribution in [0.4, 0.5) is 0 Å². The van der Waals surface area contributed by atoms with E-state index in [4.69, 9.17) is 0 Å². The van der Waals surface area contributed by atoms with Crippen molar-refractivity contribution < 1.29 is 0 Å². The summed E-state index contributed by atoms with van der Waals surface area (Å²) in [6.07, 6.45) is 5.44. The van der Waals surface area contributed by atoms with Gasteiger partial charge in [0.1, 0.15) is 0 Å². The number of piperidine rings is 1. The molecule has 1 aliphatic heterocycles. The van der Waals surface area contributed by atoms with E-state index in [2.05, 4.69) is 74.1 Å². The zero-order valence-corrected chi connectivity index (χ0v) is 13.8. The van der Waals surface area contributed by atoms with Crippen LogP contribution in [0, 0.1) is 5.92 Å². The second-order valence-corrected chi connectivity index (χ2v) is 6.71. The quantitative estimate of drug-likeness (QED) is 0.805. The number of hydrogen-bond donors (Lipinski definition) is 1. The van der Waals surface area contributed by atoms with Crippen LogP contribution in [0.2, 0.25) is 0 Å². The largest absolute Gasteiger partial charge is 0.310 e. The first-order chi connectivity index (χ1) is 10.1. The van der Waals surface area contributed by atoms with Gasteiger partial charge in [0.25, 0.3) is 0 Å². The van der Waals surface area contributed by atoms with E-state index in [0.29, 0.717) is 12.0 Å². The Kier molecular flexibility index (Phi) is 5.60. The molecule has 1 aromatic carbocycles. The van der Waals surface area contributed by atoms with Crippen LogP contribution >= 0.6 is 0 Å². The van der Waals surface area contributed by atoms with Gasteiger partial charge in [0, 0.05) is 18.1 Å². The van der Waals surface area contributed by atoms with Crippen LogP contribution in [0.25, 0.3) is 0 Å². The molecule has 0 radical (unpaired) electrons. The van der Waals surface area contributed by atoms with E-state index >= 15 is 0 Å². The molecule has 0 spiro atoms. The molecular weight excluding hydrogens is 256 g/mol. The maximum atomic E-state index is 3.99. The predicted molar refractivity (Wildman–Crippen MR) is 91.6 cm³/mol. The Bertz CT molecular complexity index is 442. The first-order valence-electron chi connectivity index (χ1n) is 8.17. The zero-order chi connectivity index (χ0) is 15.3. The average Bonchev–Trinajstić information content (AvgIpc) is 2.47. The number of nitrogens with one attached hydrogen (secondary N) is 1. The monoisotopic (exact) mass is 286 g/mol. The van der Waals surface area contributed by atoms with E-state index in [1.54, 1.807) is 0 Å². The van der Waals surface area contributed by atoms with Crippen molar-refractivity contribution in [2.45, 2.75) is 44.7 Å². The molecule has 0 saturated carbocycles. The molecule has 0 amide bonds. The third-order valence-electron chi connectivity index (χ3n) is 5.16. The molecular formula is C19H30N2. The van der Waals surface area contributed by atoms with Crippen LogP contribution in [0.15, 0.2) is 43.0 Å². The molecule has 0 unspecified atom stereocenters. The molecule has 1 N–H and O–H groups in total. The normalized spacial score (nSPS) is 30.2. The minimum absolute atomic E-state index is 0.211. The van der Waals surface area contributed by atoms with Gasteiger partial charge in [-0.25, -0.2) is 0 Å². The SMILES string of the molecule is C=CC[C@@]1(NCCc2ccccc2)C[C@@H](C)N(C)C[C@H]1C. The fourth-order valence-electron chi connectivity index (χ4n) is 3.63. The summed E-state index contributed by atoms with van der Waals surface area (Å²) in [5.74, 6) is 0.646. The van der Waals surface area contributed by atoms with Gasteiger partial charge in [0.2, 0.25) is 0 Å². The Balaban J connectivity index is 1.99. The molecule has 2 rings (SSSR count). The highest BCUT2D eigenvalue weighted by Gasteiger charge is 2.41. The molecule has 3 atom stereocenters. The summed E-state index contributed by atoms with van der Waals surface area (Å²) in [6, 6.07) is 11.4. The van der Waals surface area contributed by atoms with E-state index in [1.165, 1.54) is 12.0 Å². The fourth-order valence-corrected chi connectivity index (χ4v) is 3.63. The van der Waals surface area contributed by atoms with Crippen molar-refractivity contribution in [1.29, 1.82) is 0 Å². The molecule has 2 nitrogen and oxygen atoms in total. The maximum absolute atomic E-state index is 3.99. The van der Waals surface area contributed by atoms with Crippen LogP contribution in [-0.2, 0) is 6.42 Å². The number of likely N-dealkylation sites (tertiary alicyclic amines) is 1. The van der Waals surface area contributed by atoms with Crippen molar-refractivity contribution in [1.82, 2.24) is 10.2 Å². The van der Waals surface area contributed by atoms with Gasteiger partial charge in [0.05, 0.1) is 0 Å². The summed E-state index contributed by atoms with van der Waals surface area (Å²) in [5, 5.41) is 3.89. The number of hydrogen-bond acceptors (Lipinski definition) is 2. The lowest BCUT2D eigenvalue weighted by molar-refractivity contribution is 0.0564. The summed E-state index contributed by atoms with van der Waals surface area (Å²) in [6.45, 7) is 10.9. The number of nitrogens with zero attached hydrogens (tertiary/aromatic N) is 1. The average molecular weight is 286 g/mol. The summed E-state index contributed by atoms with van der Waals surface area (Å²) in [5.41, 5.74) is 1.62. The van der Waals surface area contributed by atoms with Crippen LogP contribution in [0.3, 0.4) is 0 Å². The molecule has 0 bridgehead atoms. The lowest BCUT2D eigenvalue weighted by atomic mass is 9.74. The van der Waals surface area contributed by atoms with Crippen molar-refractivity contribution in [2.75, 3.05) is 20.1 Å². The lowest BCUT2D eigenvalue weighted by Gasteiger charge is -2.49. The number of rotatable bonds is 6. The predicted octanol–water partition coefficient (Wildman–Crippen LogP) is 3.49. The topological polar surface area (TPSA) is 15.3 Å². The highest BCUT2D eigenvalue weighted by Crippen LogP contribution is 2.34. The third-order valence-corrected chi connectivity index (χ3v) is 5.16. The molecule has 1 saturated heterocycles. The van der Waals surface area contributed by atoms with Crippen LogP contribution in [-0.4, -0.2) is 36.6 Å². The standard InChI is InChI=1S/C19H30N2/c1-5-12-19(14-17(3)21(4)15-16(19)2)20-13-11-18-9-7-6-8-10-18/h5-10,16-17,20H,1,11-15H2,2-4H3/t16-,17-,19-/m1/s1. The summed E-state index contributed by atoms with van der Waals surface area (Å²) >= 11 is 0. The second-order valence-electron chi connectivity index (χ2n) is 6.71. The van der Waals surface area contributed by atoms with Gasteiger partial charge in [-0.1, -0.05) is 43.3 Å². The Morgan fingerprint density at radius 1 is 1.33 bits per heavy atom. The highest BCUT2D eigenvalue weighted by atomic mass is 15.2.